The second-order valence-electron chi connectivity index (χ2n) is 10.3. The fourth-order valence-corrected chi connectivity index (χ4v) is 5.35. The molecule has 4 heterocycles. The van der Waals surface area contributed by atoms with Gasteiger partial charge in [-0.1, -0.05) is 43.0 Å². The maximum atomic E-state index is 11.9. The van der Waals surface area contributed by atoms with E-state index in [9.17, 15) is 4.79 Å². The van der Waals surface area contributed by atoms with Crippen molar-refractivity contribution in [1.29, 1.82) is 5.26 Å². The van der Waals surface area contributed by atoms with Crippen molar-refractivity contribution in [2.24, 2.45) is 0 Å². The van der Waals surface area contributed by atoms with E-state index in [1.165, 1.54) is 35.0 Å². The molecule has 10 heteroatoms. The zero-order valence-electron chi connectivity index (χ0n) is 25.0. The number of nitrogens with zero attached hydrogens (tertiary/aromatic N) is 7. The van der Waals surface area contributed by atoms with Crippen LogP contribution in [-0.4, -0.2) is 98.9 Å². The number of anilines is 2. The number of fused-ring (bicyclic) bond motifs is 2. The molecule has 0 spiro atoms. The van der Waals surface area contributed by atoms with E-state index < -0.39 is 0 Å². The molecule has 0 saturated carbocycles. The molecule has 10 nitrogen and oxygen atoms in total. The van der Waals surface area contributed by atoms with Crippen LogP contribution in [0.5, 0.6) is 6.01 Å². The van der Waals surface area contributed by atoms with E-state index in [1.807, 2.05) is 4.90 Å². The molecule has 0 radical (unpaired) electrons. The molecule has 3 aliphatic heterocycles. The Bertz CT molecular complexity index is 1390. The lowest BCUT2D eigenvalue weighted by atomic mass is 10.0. The van der Waals surface area contributed by atoms with Crippen LogP contribution >= 0.6 is 0 Å². The highest BCUT2D eigenvalue weighted by atomic mass is 16.5. The standard InChI is InChI=1S/C25H27N5O2.C5H11NO.C2H3N/c1-3-23(31)28-13-15-29(16-14-28)24-20-11-12-30(17-21(20)26-25(27-24)32-2)22-10-6-8-18-7-4-5-9-19(18)22;1-6-2-4-7-5-3-6;1-2-3/h3-10H,1,11-17H2,2H3;2-5H2,1H3;1H3. The van der Waals surface area contributed by atoms with Crippen LogP contribution in [0.1, 0.15) is 18.2 Å². The Morgan fingerprint density at radius 3 is 2.33 bits per heavy atom. The van der Waals surface area contributed by atoms with Gasteiger partial charge in [0.05, 0.1) is 38.6 Å². The summed E-state index contributed by atoms with van der Waals surface area (Å²) in [5.74, 6) is 0.924. The molecular weight excluding hydrogens is 530 g/mol. The number of morpholine rings is 1. The third-order valence-electron chi connectivity index (χ3n) is 7.61. The molecule has 0 unspecified atom stereocenters. The van der Waals surface area contributed by atoms with Crippen molar-refractivity contribution < 1.29 is 14.3 Å². The maximum Gasteiger partial charge on any atom is 0.318 e. The summed E-state index contributed by atoms with van der Waals surface area (Å²) in [5, 5.41) is 9.81. The van der Waals surface area contributed by atoms with Crippen LogP contribution in [0.3, 0.4) is 0 Å². The number of methoxy groups -OCH3 is 1. The number of aromatic nitrogens is 2. The second kappa shape index (κ2) is 15.1. The van der Waals surface area contributed by atoms with Gasteiger partial charge in [0.1, 0.15) is 5.82 Å². The minimum Gasteiger partial charge on any atom is -0.467 e. The summed E-state index contributed by atoms with van der Waals surface area (Å²) < 4.78 is 10.6. The Morgan fingerprint density at radius 1 is 1.00 bits per heavy atom. The fourth-order valence-electron chi connectivity index (χ4n) is 5.35. The lowest BCUT2D eigenvalue weighted by Gasteiger charge is -2.38. The van der Waals surface area contributed by atoms with Gasteiger partial charge in [-0.25, -0.2) is 0 Å². The van der Waals surface area contributed by atoms with Crippen LogP contribution in [-0.2, 0) is 22.5 Å². The van der Waals surface area contributed by atoms with Gasteiger partial charge < -0.3 is 29.1 Å². The number of piperazine rings is 1. The summed E-state index contributed by atoms with van der Waals surface area (Å²) in [6.07, 6.45) is 2.25. The Hall–Kier alpha value is -4.20. The molecule has 3 aromatic rings. The highest BCUT2D eigenvalue weighted by Crippen LogP contribution is 2.34. The number of carbonyl (C=O) groups is 1. The first-order valence-corrected chi connectivity index (χ1v) is 14.4. The van der Waals surface area contributed by atoms with E-state index in [2.05, 4.69) is 70.8 Å². The zero-order valence-corrected chi connectivity index (χ0v) is 25.0. The Balaban J connectivity index is 0.000000347. The van der Waals surface area contributed by atoms with E-state index in [0.717, 1.165) is 63.9 Å². The Labute approximate surface area is 248 Å². The molecule has 2 saturated heterocycles. The summed E-state index contributed by atoms with van der Waals surface area (Å²) in [4.78, 5) is 30.1. The quantitative estimate of drug-likeness (QED) is 0.436. The number of carbonyl (C=O) groups excluding carboxylic acids is 1. The number of likely N-dealkylation sites (N-methyl/N-ethyl adjacent to an activating group) is 1. The predicted molar refractivity (Wildman–Crippen MR) is 166 cm³/mol. The van der Waals surface area contributed by atoms with Gasteiger partial charge >= 0.3 is 6.01 Å². The van der Waals surface area contributed by atoms with Crippen LogP contribution in [0, 0.1) is 11.3 Å². The van der Waals surface area contributed by atoms with E-state index >= 15 is 0 Å². The van der Waals surface area contributed by atoms with Crippen LogP contribution in [0.4, 0.5) is 11.5 Å². The molecular formula is C32H41N7O3. The van der Waals surface area contributed by atoms with Gasteiger partial charge in [-0.3, -0.25) is 4.79 Å². The highest BCUT2D eigenvalue weighted by Gasteiger charge is 2.28. The molecule has 42 heavy (non-hydrogen) atoms. The lowest BCUT2D eigenvalue weighted by molar-refractivity contribution is -0.126. The van der Waals surface area contributed by atoms with Gasteiger partial charge in [0.15, 0.2) is 0 Å². The van der Waals surface area contributed by atoms with Crippen molar-refractivity contribution in [2.75, 3.05) is 83.0 Å². The van der Waals surface area contributed by atoms with Gasteiger partial charge in [0.2, 0.25) is 5.91 Å². The molecule has 1 amide bonds. The number of ether oxygens (including phenoxy) is 2. The molecule has 1 aromatic heterocycles. The normalized spacial score (nSPS) is 16.7. The minimum absolute atomic E-state index is 0.0160. The average molecular weight is 572 g/mol. The molecule has 0 atom stereocenters. The van der Waals surface area contributed by atoms with Crippen molar-refractivity contribution in [1.82, 2.24) is 19.8 Å². The Kier molecular flexibility index (Phi) is 11.1. The van der Waals surface area contributed by atoms with Crippen molar-refractivity contribution in [3.63, 3.8) is 0 Å². The first-order valence-electron chi connectivity index (χ1n) is 14.4. The predicted octanol–water partition coefficient (Wildman–Crippen LogP) is 3.51. The van der Waals surface area contributed by atoms with Crippen LogP contribution < -0.4 is 14.5 Å². The number of benzene rings is 2. The first-order chi connectivity index (χ1) is 20.5. The van der Waals surface area contributed by atoms with Gasteiger partial charge in [0, 0.05) is 69.4 Å². The van der Waals surface area contributed by atoms with Crippen LogP contribution in [0.25, 0.3) is 10.8 Å². The van der Waals surface area contributed by atoms with Gasteiger partial charge in [0.25, 0.3) is 0 Å². The number of amides is 1. The molecule has 2 fully saturated rings. The topological polar surface area (TPSA) is 98.1 Å². The monoisotopic (exact) mass is 571 g/mol. The van der Waals surface area contributed by atoms with Crippen molar-refractivity contribution in [2.45, 2.75) is 19.9 Å². The second-order valence-corrected chi connectivity index (χ2v) is 10.3. The zero-order chi connectivity index (χ0) is 29.9. The van der Waals surface area contributed by atoms with Gasteiger partial charge in [-0.05, 0) is 31.0 Å². The highest BCUT2D eigenvalue weighted by molar-refractivity contribution is 5.94. The van der Waals surface area contributed by atoms with E-state index in [0.29, 0.717) is 25.6 Å². The third-order valence-corrected chi connectivity index (χ3v) is 7.61. The molecule has 0 aliphatic carbocycles. The largest absolute Gasteiger partial charge is 0.467 e. The number of hydrogen-bond acceptors (Lipinski definition) is 9. The van der Waals surface area contributed by atoms with E-state index in [1.54, 1.807) is 13.2 Å². The van der Waals surface area contributed by atoms with Crippen LogP contribution in [0.15, 0.2) is 55.1 Å². The fraction of sp³-hybridized carbons (Fsp3) is 0.438. The summed E-state index contributed by atoms with van der Waals surface area (Å²) in [7, 11) is 3.72. The lowest BCUT2D eigenvalue weighted by Crippen LogP contribution is -2.49. The van der Waals surface area contributed by atoms with Crippen molar-refractivity contribution in [3.8, 4) is 12.1 Å². The SMILES string of the molecule is C=CC(=O)N1CCN(c2nc(OC)nc3c2CCN(c2cccc4ccccc24)C3)CC1.CC#N.CN1CCOCC1. The summed E-state index contributed by atoms with van der Waals surface area (Å²) >= 11 is 0. The molecule has 6 rings (SSSR count). The average Bonchev–Trinajstić information content (AvgIpc) is 3.04. The summed E-state index contributed by atoms with van der Waals surface area (Å²) in [5.41, 5.74) is 3.42. The molecule has 2 aromatic carbocycles. The smallest absolute Gasteiger partial charge is 0.318 e. The van der Waals surface area contributed by atoms with Crippen molar-refractivity contribution >= 4 is 28.2 Å². The molecule has 0 N–H and O–H groups in total. The molecule has 0 bridgehead atoms. The summed E-state index contributed by atoms with van der Waals surface area (Å²) in [6.45, 7) is 13.5. The number of nitriles is 1. The van der Waals surface area contributed by atoms with Gasteiger partial charge in [-0.2, -0.15) is 15.2 Å². The van der Waals surface area contributed by atoms with E-state index in [-0.39, 0.29) is 5.91 Å². The third kappa shape index (κ3) is 7.55. The first kappa shape index (κ1) is 30.8. The van der Waals surface area contributed by atoms with Gasteiger partial charge in [-0.15, -0.1) is 0 Å². The van der Waals surface area contributed by atoms with E-state index in [4.69, 9.17) is 24.7 Å². The van der Waals surface area contributed by atoms with Crippen molar-refractivity contribution in [3.05, 3.63) is 66.4 Å². The number of hydrogen-bond donors (Lipinski definition) is 0. The maximum absolute atomic E-state index is 11.9. The Morgan fingerprint density at radius 2 is 1.69 bits per heavy atom. The number of rotatable bonds is 4. The minimum atomic E-state index is -0.0160. The summed E-state index contributed by atoms with van der Waals surface area (Å²) in [6, 6.07) is 17.1. The molecule has 3 aliphatic rings. The molecule has 222 valence electrons. The van der Waals surface area contributed by atoms with Crippen LogP contribution in [0.2, 0.25) is 0 Å².